The highest BCUT2D eigenvalue weighted by molar-refractivity contribution is 7.00. The average molecular weight is 897 g/mol. The molecule has 3 aliphatic carbocycles. The number of benzene rings is 6. The van der Waals surface area contributed by atoms with Crippen molar-refractivity contribution in [2.24, 2.45) is 0 Å². The van der Waals surface area contributed by atoms with Crippen LogP contribution in [0.15, 0.2) is 97.1 Å². The highest BCUT2D eigenvalue weighted by Crippen LogP contribution is 2.56. The summed E-state index contributed by atoms with van der Waals surface area (Å²) in [5, 5.41) is 0. The molecule has 350 valence electrons. The van der Waals surface area contributed by atoms with E-state index in [2.05, 4.69) is 225 Å². The predicted molar refractivity (Wildman–Crippen MR) is 295 cm³/mol. The number of fused-ring (bicyclic) bond motifs is 7. The molecule has 6 aromatic carbocycles. The van der Waals surface area contributed by atoms with Gasteiger partial charge in [0, 0.05) is 34.1 Å². The van der Waals surface area contributed by atoms with E-state index in [0.717, 1.165) is 6.42 Å². The fourth-order valence-electron chi connectivity index (χ4n) is 14.4. The van der Waals surface area contributed by atoms with Gasteiger partial charge in [-0.15, -0.1) is 0 Å². The van der Waals surface area contributed by atoms with Gasteiger partial charge in [-0.2, -0.15) is 0 Å². The van der Waals surface area contributed by atoms with Crippen LogP contribution in [0, 0.1) is 13.8 Å². The van der Waals surface area contributed by atoms with E-state index in [9.17, 15) is 0 Å². The summed E-state index contributed by atoms with van der Waals surface area (Å²) in [6, 6.07) is 39.4. The Morgan fingerprint density at radius 2 is 0.926 bits per heavy atom. The van der Waals surface area contributed by atoms with E-state index in [1.807, 2.05) is 0 Å². The van der Waals surface area contributed by atoms with Crippen LogP contribution in [0.2, 0.25) is 0 Å². The number of nitrogens with zero attached hydrogens (tertiary/aromatic N) is 2. The fraction of sp³-hybridized carbons (Fsp3) is 0.446. The minimum absolute atomic E-state index is 0.0275. The second-order valence-electron chi connectivity index (χ2n) is 27.2. The van der Waals surface area contributed by atoms with Gasteiger partial charge in [-0.3, -0.25) is 0 Å². The van der Waals surface area contributed by atoms with Gasteiger partial charge in [-0.25, -0.2) is 0 Å². The minimum Gasteiger partial charge on any atom is -0.311 e. The molecule has 5 aliphatic rings. The molecule has 2 nitrogen and oxygen atoms in total. The van der Waals surface area contributed by atoms with Crippen molar-refractivity contribution in [2.75, 3.05) is 9.80 Å². The Morgan fingerprint density at radius 1 is 0.426 bits per heavy atom. The topological polar surface area (TPSA) is 6.48 Å². The lowest BCUT2D eigenvalue weighted by atomic mass is 9.33. The number of hydrogen-bond acceptors (Lipinski definition) is 2. The van der Waals surface area contributed by atoms with Gasteiger partial charge in [0.1, 0.15) is 0 Å². The van der Waals surface area contributed by atoms with Crippen LogP contribution >= 0.6 is 0 Å². The largest absolute Gasteiger partial charge is 0.311 e. The van der Waals surface area contributed by atoms with E-state index in [0.29, 0.717) is 0 Å². The van der Waals surface area contributed by atoms with Crippen molar-refractivity contribution in [3.05, 3.63) is 147 Å². The summed E-state index contributed by atoms with van der Waals surface area (Å²) in [6.45, 7) is 41.9. The molecule has 0 radical (unpaired) electrons. The minimum atomic E-state index is -0.103. The molecule has 0 unspecified atom stereocenters. The van der Waals surface area contributed by atoms with Gasteiger partial charge < -0.3 is 9.80 Å². The Balaban J connectivity index is 1.30. The first kappa shape index (κ1) is 45.4. The smallest absolute Gasteiger partial charge is 0.252 e. The predicted octanol–water partition coefficient (Wildman–Crippen LogP) is 16.0. The normalized spacial score (nSPS) is 20.5. The first-order valence-corrected chi connectivity index (χ1v) is 26.1. The molecule has 68 heavy (non-hydrogen) atoms. The summed E-state index contributed by atoms with van der Waals surface area (Å²) in [4.78, 5) is 5.49. The molecule has 0 saturated heterocycles. The van der Waals surface area contributed by atoms with Crippen molar-refractivity contribution in [2.45, 2.75) is 188 Å². The van der Waals surface area contributed by atoms with Gasteiger partial charge in [0.15, 0.2) is 0 Å². The van der Waals surface area contributed by atoms with E-state index >= 15 is 0 Å². The first-order valence-electron chi connectivity index (χ1n) is 26.1. The second kappa shape index (κ2) is 14.3. The SMILES string of the molecule is Cc1cc2c(cc1N1c3cc4c(cc3B3c5cc(-c6ccccc6)ccc5N(c5ccc6c(c5C)C(C)(C)CC6(C)C)c5cc(C(C)(C)C)cc1c53)C(C)(C)CCC4(C)C)C(C)(C)CCC2(C)C. The van der Waals surface area contributed by atoms with Crippen LogP contribution < -0.4 is 26.2 Å². The van der Waals surface area contributed by atoms with Crippen LogP contribution in [-0.4, -0.2) is 6.71 Å². The summed E-state index contributed by atoms with van der Waals surface area (Å²) in [6.07, 6.45) is 5.89. The van der Waals surface area contributed by atoms with Crippen LogP contribution in [0.3, 0.4) is 0 Å². The van der Waals surface area contributed by atoms with Crippen LogP contribution in [-0.2, 0) is 37.9 Å². The van der Waals surface area contributed by atoms with Gasteiger partial charge >= 0.3 is 0 Å². The molecule has 0 atom stereocenters. The van der Waals surface area contributed by atoms with Crippen LogP contribution in [0.1, 0.15) is 186 Å². The number of anilines is 6. The lowest BCUT2D eigenvalue weighted by molar-refractivity contribution is 0.331. The zero-order valence-corrected chi connectivity index (χ0v) is 44.7. The maximum Gasteiger partial charge on any atom is 0.252 e. The van der Waals surface area contributed by atoms with E-state index in [-0.39, 0.29) is 44.6 Å². The first-order chi connectivity index (χ1) is 31.6. The van der Waals surface area contributed by atoms with E-state index in [1.165, 1.54) is 137 Å². The molecule has 2 heterocycles. The molecule has 0 bridgehead atoms. The summed E-state index contributed by atoms with van der Waals surface area (Å²) in [5.41, 5.74) is 28.3. The zero-order chi connectivity index (χ0) is 48.6. The lowest BCUT2D eigenvalue weighted by Gasteiger charge is -2.49. The summed E-state index contributed by atoms with van der Waals surface area (Å²) >= 11 is 0. The van der Waals surface area contributed by atoms with Crippen molar-refractivity contribution in [3.63, 3.8) is 0 Å². The summed E-state index contributed by atoms with van der Waals surface area (Å²) in [5.74, 6) is 0. The van der Waals surface area contributed by atoms with Gasteiger partial charge in [0.25, 0.3) is 6.71 Å². The number of hydrogen-bond donors (Lipinski definition) is 0. The van der Waals surface area contributed by atoms with Crippen molar-refractivity contribution >= 4 is 57.2 Å². The molecule has 0 fully saturated rings. The molecular formula is C65H77BN2. The van der Waals surface area contributed by atoms with E-state index in [1.54, 1.807) is 0 Å². The monoisotopic (exact) mass is 897 g/mol. The van der Waals surface area contributed by atoms with Crippen molar-refractivity contribution in [1.29, 1.82) is 0 Å². The molecule has 11 rings (SSSR count). The molecule has 0 spiro atoms. The maximum atomic E-state index is 2.77. The van der Waals surface area contributed by atoms with Crippen molar-refractivity contribution in [3.8, 4) is 11.1 Å². The average Bonchev–Trinajstić information content (AvgIpc) is 3.46. The van der Waals surface area contributed by atoms with Crippen LogP contribution in [0.4, 0.5) is 34.1 Å². The highest BCUT2D eigenvalue weighted by atomic mass is 15.2. The van der Waals surface area contributed by atoms with E-state index < -0.39 is 0 Å². The Morgan fingerprint density at radius 3 is 1.50 bits per heavy atom. The second-order valence-corrected chi connectivity index (χ2v) is 27.2. The Bertz CT molecular complexity index is 3110. The quantitative estimate of drug-likeness (QED) is 0.163. The molecule has 3 heteroatoms. The third kappa shape index (κ3) is 6.55. The molecule has 2 aliphatic heterocycles. The molecular weight excluding hydrogens is 820 g/mol. The summed E-state index contributed by atoms with van der Waals surface area (Å²) in [7, 11) is 0. The molecule has 0 amide bonds. The van der Waals surface area contributed by atoms with Gasteiger partial charge in [-0.05, 0) is 198 Å². The molecule has 0 N–H and O–H groups in total. The van der Waals surface area contributed by atoms with Gasteiger partial charge in [-0.1, -0.05) is 165 Å². The van der Waals surface area contributed by atoms with Crippen LogP contribution in [0.5, 0.6) is 0 Å². The summed E-state index contributed by atoms with van der Waals surface area (Å²) < 4.78 is 0. The molecule has 0 aromatic heterocycles. The standard InChI is InChI=1S/C65H77BN2/c1-39-31-45-47(62(10,11)29-27-60(45,6)7)36-53(39)68-54-37-48-46(61(8,9)28-30-63(48,12)13)35-50(54)66-49-32-42(41-21-19-18-20-22-41)23-25-52(49)67(55-33-43(59(3,4)5)34-56(68)58(55)66)51-26-24-44-57(40(51)2)65(16,17)38-64(44,14)15/h18-26,31-37H,27-30,38H2,1-17H3. The lowest BCUT2D eigenvalue weighted by Crippen LogP contribution is -2.62. The third-order valence-corrected chi connectivity index (χ3v) is 18.4. The number of aryl methyl sites for hydroxylation is 1. The fourth-order valence-corrected chi connectivity index (χ4v) is 14.4. The Labute approximate surface area is 411 Å². The number of rotatable bonds is 3. The molecule has 6 aromatic rings. The van der Waals surface area contributed by atoms with Crippen molar-refractivity contribution in [1.82, 2.24) is 0 Å². The zero-order valence-electron chi connectivity index (χ0n) is 44.7. The Kier molecular flexibility index (Phi) is 9.55. The molecule has 0 saturated carbocycles. The van der Waals surface area contributed by atoms with Gasteiger partial charge in [0.05, 0.1) is 0 Å². The van der Waals surface area contributed by atoms with Crippen molar-refractivity contribution < 1.29 is 0 Å². The maximum absolute atomic E-state index is 2.77. The third-order valence-electron chi connectivity index (χ3n) is 18.4. The Hall–Kier alpha value is -5.02. The van der Waals surface area contributed by atoms with Crippen LogP contribution in [0.25, 0.3) is 11.1 Å². The van der Waals surface area contributed by atoms with Gasteiger partial charge in [0.2, 0.25) is 0 Å². The van der Waals surface area contributed by atoms with E-state index in [4.69, 9.17) is 0 Å². The highest BCUT2D eigenvalue weighted by Gasteiger charge is 2.49.